The number of aryl methyl sites for hydroxylation is 1. The molecule has 0 aliphatic rings. The highest BCUT2D eigenvalue weighted by Crippen LogP contribution is 2.28. The molecule has 17 heavy (non-hydrogen) atoms. The lowest BCUT2D eigenvalue weighted by Gasteiger charge is -2.23. The number of aromatic amines is 1. The Morgan fingerprint density at radius 2 is 2.00 bits per heavy atom. The number of aromatic nitrogens is 1. The standard InChI is InChI=1S/C14H21N3/c1-10-13(16-9-14(2,3)8-15)11-6-4-5-7-12(11)17-10/h4-7,16-17H,8-9,15H2,1-3H3. The molecule has 2 rings (SSSR count). The molecule has 1 aromatic carbocycles. The van der Waals surface area contributed by atoms with Crippen LogP contribution in [0.3, 0.4) is 0 Å². The fourth-order valence-corrected chi connectivity index (χ4v) is 1.90. The van der Waals surface area contributed by atoms with Crippen molar-refractivity contribution in [3.63, 3.8) is 0 Å². The quantitative estimate of drug-likeness (QED) is 0.758. The lowest BCUT2D eigenvalue weighted by molar-refractivity contribution is 0.406. The predicted molar refractivity (Wildman–Crippen MR) is 74.4 cm³/mol. The fourth-order valence-electron chi connectivity index (χ4n) is 1.90. The first-order valence-electron chi connectivity index (χ1n) is 6.05. The molecular weight excluding hydrogens is 210 g/mol. The number of hydrogen-bond donors (Lipinski definition) is 3. The van der Waals surface area contributed by atoms with Crippen LogP contribution in [0.4, 0.5) is 5.69 Å². The highest BCUT2D eigenvalue weighted by atomic mass is 14.9. The SMILES string of the molecule is Cc1[nH]c2ccccc2c1NCC(C)(C)CN. The average molecular weight is 231 g/mol. The Kier molecular flexibility index (Phi) is 3.11. The summed E-state index contributed by atoms with van der Waals surface area (Å²) in [5.74, 6) is 0. The zero-order valence-electron chi connectivity index (χ0n) is 10.8. The molecule has 1 heterocycles. The highest BCUT2D eigenvalue weighted by molar-refractivity contribution is 5.94. The van der Waals surface area contributed by atoms with E-state index in [4.69, 9.17) is 5.73 Å². The van der Waals surface area contributed by atoms with Crippen LogP contribution in [0.25, 0.3) is 10.9 Å². The Hall–Kier alpha value is -1.48. The van der Waals surface area contributed by atoms with Gasteiger partial charge in [0.25, 0.3) is 0 Å². The normalized spacial score (nSPS) is 12.0. The molecule has 92 valence electrons. The summed E-state index contributed by atoms with van der Waals surface area (Å²) in [6.07, 6.45) is 0. The first-order chi connectivity index (χ1) is 8.03. The number of nitrogens with two attached hydrogens (primary N) is 1. The van der Waals surface area contributed by atoms with Gasteiger partial charge in [0.05, 0.1) is 5.69 Å². The summed E-state index contributed by atoms with van der Waals surface area (Å²) < 4.78 is 0. The maximum Gasteiger partial charge on any atom is 0.0628 e. The third-order valence-electron chi connectivity index (χ3n) is 3.19. The van der Waals surface area contributed by atoms with E-state index in [1.165, 1.54) is 22.3 Å². The minimum Gasteiger partial charge on any atom is -0.383 e. The van der Waals surface area contributed by atoms with Gasteiger partial charge in [0.2, 0.25) is 0 Å². The first-order valence-corrected chi connectivity index (χ1v) is 6.05. The molecule has 0 aliphatic carbocycles. The maximum atomic E-state index is 5.75. The molecule has 3 nitrogen and oxygen atoms in total. The van der Waals surface area contributed by atoms with Gasteiger partial charge in [-0.1, -0.05) is 32.0 Å². The van der Waals surface area contributed by atoms with Crippen LogP contribution in [-0.2, 0) is 0 Å². The van der Waals surface area contributed by atoms with Crippen molar-refractivity contribution in [1.82, 2.24) is 4.98 Å². The van der Waals surface area contributed by atoms with Gasteiger partial charge in [-0.05, 0) is 24.9 Å². The van der Waals surface area contributed by atoms with Crippen molar-refractivity contribution >= 4 is 16.6 Å². The van der Waals surface area contributed by atoms with Crippen molar-refractivity contribution < 1.29 is 0 Å². The molecular formula is C14H21N3. The summed E-state index contributed by atoms with van der Waals surface area (Å²) in [6, 6.07) is 8.35. The maximum absolute atomic E-state index is 5.75. The monoisotopic (exact) mass is 231 g/mol. The molecule has 0 saturated carbocycles. The van der Waals surface area contributed by atoms with E-state index in [0.717, 1.165) is 6.54 Å². The predicted octanol–water partition coefficient (Wildman–Crippen LogP) is 2.87. The zero-order chi connectivity index (χ0) is 12.5. The van der Waals surface area contributed by atoms with Crippen LogP contribution in [-0.4, -0.2) is 18.1 Å². The van der Waals surface area contributed by atoms with Gasteiger partial charge in [-0.3, -0.25) is 0 Å². The van der Waals surface area contributed by atoms with Gasteiger partial charge in [0.1, 0.15) is 0 Å². The first kappa shape index (κ1) is 12.0. The third-order valence-corrected chi connectivity index (χ3v) is 3.19. The van der Waals surface area contributed by atoms with Gasteiger partial charge < -0.3 is 16.0 Å². The fraction of sp³-hybridized carbons (Fsp3) is 0.429. The van der Waals surface area contributed by atoms with Crippen molar-refractivity contribution in [3.8, 4) is 0 Å². The van der Waals surface area contributed by atoms with Crippen LogP contribution >= 0.6 is 0 Å². The van der Waals surface area contributed by atoms with E-state index in [-0.39, 0.29) is 5.41 Å². The van der Waals surface area contributed by atoms with Gasteiger partial charge >= 0.3 is 0 Å². The number of rotatable bonds is 4. The second kappa shape index (κ2) is 4.41. The molecule has 0 unspecified atom stereocenters. The molecule has 1 aromatic heterocycles. The molecule has 0 radical (unpaired) electrons. The molecule has 0 spiro atoms. The van der Waals surface area contributed by atoms with Gasteiger partial charge in [-0.25, -0.2) is 0 Å². The zero-order valence-corrected chi connectivity index (χ0v) is 10.8. The van der Waals surface area contributed by atoms with Gasteiger partial charge in [-0.2, -0.15) is 0 Å². The Balaban J connectivity index is 2.27. The van der Waals surface area contributed by atoms with E-state index in [2.05, 4.69) is 49.3 Å². The van der Waals surface area contributed by atoms with Gasteiger partial charge in [0, 0.05) is 23.1 Å². The van der Waals surface area contributed by atoms with E-state index in [0.29, 0.717) is 6.54 Å². The molecule has 0 aliphatic heterocycles. The summed E-state index contributed by atoms with van der Waals surface area (Å²) in [7, 11) is 0. The number of H-pyrrole nitrogens is 1. The van der Waals surface area contributed by atoms with Crippen LogP contribution in [0.5, 0.6) is 0 Å². The Labute approximate surface area is 102 Å². The molecule has 0 atom stereocenters. The van der Waals surface area contributed by atoms with Crippen molar-refractivity contribution in [2.45, 2.75) is 20.8 Å². The molecule has 0 bridgehead atoms. The van der Waals surface area contributed by atoms with Crippen molar-refractivity contribution in [2.24, 2.45) is 11.1 Å². The van der Waals surface area contributed by atoms with E-state index in [9.17, 15) is 0 Å². The summed E-state index contributed by atoms with van der Waals surface area (Å²) >= 11 is 0. The number of anilines is 1. The Bertz CT molecular complexity index is 511. The van der Waals surface area contributed by atoms with Crippen LogP contribution < -0.4 is 11.1 Å². The second-order valence-corrected chi connectivity index (χ2v) is 5.39. The number of fused-ring (bicyclic) bond motifs is 1. The third kappa shape index (κ3) is 2.44. The topological polar surface area (TPSA) is 53.8 Å². The second-order valence-electron chi connectivity index (χ2n) is 5.39. The van der Waals surface area contributed by atoms with E-state index < -0.39 is 0 Å². The lowest BCUT2D eigenvalue weighted by atomic mass is 9.94. The lowest BCUT2D eigenvalue weighted by Crippen LogP contribution is -2.31. The summed E-state index contributed by atoms with van der Waals surface area (Å²) in [4.78, 5) is 3.39. The van der Waals surface area contributed by atoms with Crippen molar-refractivity contribution in [2.75, 3.05) is 18.4 Å². The molecule has 2 aromatic rings. The van der Waals surface area contributed by atoms with E-state index >= 15 is 0 Å². The minimum absolute atomic E-state index is 0.116. The molecule has 0 amide bonds. The van der Waals surface area contributed by atoms with Crippen LogP contribution in [0.1, 0.15) is 19.5 Å². The summed E-state index contributed by atoms with van der Waals surface area (Å²) in [6.45, 7) is 8.00. The van der Waals surface area contributed by atoms with Gasteiger partial charge in [-0.15, -0.1) is 0 Å². The molecule has 0 saturated heterocycles. The Morgan fingerprint density at radius 1 is 1.29 bits per heavy atom. The number of hydrogen-bond acceptors (Lipinski definition) is 2. The summed E-state index contributed by atoms with van der Waals surface area (Å²) in [5, 5.41) is 4.76. The number of benzene rings is 1. The molecule has 0 fully saturated rings. The smallest absolute Gasteiger partial charge is 0.0628 e. The largest absolute Gasteiger partial charge is 0.383 e. The Morgan fingerprint density at radius 3 is 2.71 bits per heavy atom. The number of para-hydroxylation sites is 1. The van der Waals surface area contributed by atoms with Crippen LogP contribution in [0.2, 0.25) is 0 Å². The van der Waals surface area contributed by atoms with E-state index in [1.54, 1.807) is 0 Å². The van der Waals surface area contributed by atoms with Crippen LogP contribution in [0, 0.1) is 12.3 Å². The molecule has 3 heteroatoms. The number of nitrogens with one attached hydrogen (secondary N) is 2. The average Bonchev–Trinajstić information content (AvgIpc) is 2.62. The van der Waals surface area contributed by atoms with Gasteiger partial charge in [0.15, 0.2) is 0 Å². The minimum atomic E-state index is 0.116. The highest BCUT2D eigenvalue weighted by Gasteiger charge is 2.16. The summed E-state index contributed by atoms with van der Waals surface area (Å²) in [5.41, 5.74) is 9.42. The molecule has 4 N–H and O–H groups in total. The van der Waals surface area contributed by atoms with Crippen LogP contribution in [0.15, 0.2) is 24.3 Å². The van der Waals surface area contributed by atoms with Crippen molar-refractivity contribution in [3.05, 3.63) is 30.0 Å². The van der Waals surface area contributed by atoms with Crippen molar-refractivity contribution in [1.29, 1.82) is 0 Å². The van der Waals surface area contributed by atoms with E-state index in [1.807, 2.05) is 6.07 Å².